The molecule has 64 fully saturated rings. The molecule has 0 amide bonds. The molecule has 0 aromatic rings. The first-order valence-corrected chi connectivity index (χ1v) is 40.3. The minimum atomic E-state index is 0. The highest BCUT2D eigenvalue weighted by Crippen LogP contribution is 3.88. The molecule has 64 rings (SSSR count). The topological polar surface area (TPSA) is 560 Å². The Morgan fingerprint density at radius 2 is 0.206 bits per heavy atom. The van der Waals surface area contributed by atoms with Crippen molar-refractivity contribution in [3.63, 3.8) is 0 Å². The molecule has 16 heteroatoms. The summed E-state index contributed by atoms with van der Waals surface area (Å²) in [4.78, 5) is 0. The van der Waals surface area contributed by atoms with Gasteiger partial charge >= 0.3 is 0 Å². The first-order valence-electron chi connectivity index (χ1n) is 40.3. The molecular weight excluding hydrogens is 1200 g/mol. The largest absolute Gasteiger partial charge is 0.344 e. The van der Waals surface area contributed by atoms with Crippen molar-refractivity contribution in [2.45, 2.75) is 25.7 Å². The van der Waals surface area contributed by atoms with E-state index in [2.05, 4.69) is 0 Å². The van der Waals surface area contributed by atoms with Gasteiger partial charge in [0.1, 0.15) is 0 Å². The molecule has 48 atom stereocenters. The van der Waals surface area contributed by atoms with Crippen LogP contribution in [0.4, 0.5) is 0 Å². The van der Waals surface area contributed by atoms with Crippen molar-refractivity contribution < 1.29 is 0 Å². The molecule has 488 valence electrons. The molecule has 64 aliphatic carbocycles. The molecule has 0 bridgehead atoms. The van der Waals surface area contributed by atoms with Crippen LogP contribution in [0.25, 0.3) is 0 Å². The highest BCUT2D eigenvalue weighted by molar-refractivity contribution is 6.60. The number of hydrogen-bond acceptors (Lipinski definition) is 16. The Morgan fingerprint density at radius 1 is 0.103 bits per heavy atom. The number of fused-ring (bicyclic) bond motifs is 24. The summed E-state index contributed by atoms with van der Waals surface area (Å²) in [6.45, 7) is 0. The molecule has 16 nitrogen and oxygen atoms in total. The molecule has 0 aromatic carbocycles. The van der Waals surface area contributed by atoms with Gasteiger partial charge in [-0.15, -0.1) is 0 Å². The smallest absolute Gasteiger partial charge is 0.000000815 e. The van der Waals surface area contributed by atoms with Gasteiger partial charge in [-0.1, -0.05) is 0 Å². The molecular formula is C81H84N16. The minimum absolute atomic E-state index is 0. The molecule has 97 heavy (non-hydrogen) atoms. The fourth-order valence-corrected chi connectivity index (χ4v) is 101. The average molecular weight is 1280 g/mol. The first kappa shape index (κ1) is 42.6. The summed E-state index contributed by atoms with van der Waals surface area (Å²) >= 11 is 0. The summed E-state index contributed by atoms with van der Waals surface area (Å²) in [5.74, 6) is 40.3. The standard InChI is InChI=1S/C81H36.16H3N/c1-5-13-21-29-23-15-7-2-9-17-25-31-27-19-11-4-12-20-28-32-26-18-10-3-8-16-24-30-22-14-6(1)33(5)37(13)45(21)53(29)47(23)39(15)34(7,9)41(17)49(25)55(31)51(27)43(19)36(11,12)44(20)52(28)56(32)50(26)42(18)35(8,10)40(16)48(24)54(30)46(22)38(14,33)57(37)61(45)69(53)63(47)58(39,41)65(49)71(55)67(51)60(43,44)68(52)72(56)66(50)59(40,42)64(48)70(54)62(46,57)73(61)77(69)74(63,65)79(71)76(67,68)80(72)75(64,66)78(70,73)81(77,79)80;;;;;;;;;;;;;;;;/h5-32H,1-4H2;16*1H3. The number of rotatable bonds is 0. The van der Waals surface area contributed by atoms with Crippen molar-refractivity contribution in [3.8, 4) is 0 Å². The van der Waals surface area contributed by atoms with Crippen molar-refractivity contribution in [1.82, 2.24) is 98.4 Å². The molecule has 0 radical (unpaired) electrons. The summed E-state index contributed by atoms with van der Waals surface area (Å²) in [6, 6.07) is 0. The fourth-order valence-electron chi connectivity index (χ4n) is 101. The maximum Gasteiger partial charge on any atom is -0.000000815 e. The van der Waals surface area contributed by atoms with Gasteiger partial charge in [0.05, 0.1) is 0 Å². The van der Waals surface area contributed by atoms with Gasteiger partial charge in [0, 0.05) is 0 Å². The van der Waals surface area contributed by atoms with Crippen molar-refractivity contribution in [3.05, 3.63) is 37.9 Å². The average Bonchev–Trinajstić information content (AvgIpc) is 0.398. The SMILES string of the molecule is C1C2C3C4C5C6C7C8CC9C%10C%11C%12C%13C%14C%15CC%16C%17C%18C%19C%20C%21C%22CC%23C%24C%25C%26C%27C%28C1C21C32C43C54C65C76C89C%107C%118C%129C%13%10C%14%11C%15%16C%17%12C%18%13C%19%14C%20%15C%21%16C%23%22C%24%17C%25%18C%26%19C%27%20C%281C21C32C43C54C67C85C96C%107C%11%12C%138C%149C%15%10C%17%16C%18%11C%19%12C%201C21C32C45C63C78C94C%11%10C%121C234.N.N.N.N.N.N.N.N.N.N.N.N.N.N.N.N. The van der Waals surface area contributed by atoms with Crippen LogP contribution in [-0.2, 0) is 0 Å². The second-order valence-electron chi connectivity index (χ2n) is 54.7. The normalized spacial score (nSPS) is 129. The van der Waals surface area contributed by atoms with Gasteiger partial charge in [0.25, 0.3) is 0 Å². The van der Waals surface area contributed by atoms with Crippen LogP contribution in [0.5, 0.6) is 0 Å². The lowest BCUT2D eigenvalue weighted by atomic mass is 8.21. The lowest BCUT2D eigenvalue weighted by Crippen LogP contribution is -3.78. The Kier molecular flexibility index (Phi) is 2.57. The molecule has 0 saturated heterocycles. The van der Waals surface area contributed by atoms with Crippen LogP contribution in [0, 0.1) is 431 Å². The molecule has 0 heterocycles. The van der Waals surface area contributed by atoms with Crippen LogP contribution < -0.4 is 98.4 Å². The van der Waals surface area contributed by atoms with Gasteiger partial charge in [-0.3, -0.25) is 0 Å². The molecule has 49 spiro atoms. The summed E-state index contributed by atoms with van der Waals surface area (Å²) in [5.41, 5.74) is 56.6. The van der Waals surface area contributed by atoms with Crippen molar-refractivity contribution in [1.29, 1.82) is 0 Å². The van der Waals surface area contributed by atoms with Gasteiger partial charge in [-0.25, -0.2) is 0 Å². The van der Waals surface area contributed by atoms with E-state index in [0.717, 1.165) is 152 Å². The van der Waals surface area contributed by atoms with Crippen LogP contribution >= 0.6 is 0 Å². The summed E-state index contributed by atoms with van der Waals surface area (Å²) in [6.07, 6.45) is 7.67. The minimum Gasteiger partial charge on any atom is -0.344 e. The van der Waals surface area contributed by atoms with Crippen LogP contribution in [0.3, 0.4) is 0 Å². The van der Waals surface area contributed by atoms with Crippen molar-refractivity contribution >= 4 is 0 Å². The number of hydrogen-bond donors (Lipinski definition) is 16. The third-order valence-electron chi connectivity index (χ3n) is 75.9. The van der Waals surface area contributed by atoms with Crippen LogP contribution in [-0.4, -0.2) is 0 Å². The lowest BCUT2D eigenvalue weighted by Gasteiger charge is -3.80. The van der Waals surface area contributed by atoms with E-state index in [1.54, 1.807) is 0 Å². The Bertz CT molecular complexity index is 5480. The molecule has 48 N–H and O–H groups in total. The third kappa shape index (κ3) is 0.775. The molecule has 48 unspecified atom stereocenters. The van der Waals surface area contributed by atoms with E-state index in [4.69, 9.17) is 0 Å². The van der Waals surface area contributed by atoms with Crippen LogP contribution in [0.1, 0.15) is 25.7 Å². The predicted molar refractivity (Wildman–Crippen MR) is 321 cm³/mol. The monoisotopic (exact) mass is 1280 g/mol. The van der Waals surface area contributed by atoms with E-state index in [-0.39, 0.29) is 98.4 Å². The second kappa shape index (κ2) is 5.84. The Morgan fingerprint density at radius 3 is 0.361 bits per heavy atom. The Labute approximate surface area is 552 Å². The Balaban J connectivity index is 0.000000264. The zero-order valence-electron chi connectivity index (χ0n) is 54.8. The first-order chi connectivity index (χ1) is 40.3. The zero-order chi connectivity index (χ0) is 43.5. The molecule has 0 aliphatic heterocycles. The van der Waals surface area contributed by atoms with Gasteiger partial charge in [0.15, 0.2) is 0 Å². The highest BCUT2D eigenvalue weighted by atomic mass is 15.9. The van der Waals surface area contributed by atoms with Crippen molar-refractivity contribution in [2.24, 2.45) is 393 Å². The molecule has 64 saturated carbocycles. The maximum absolute atomic E-state index is 1.92. The highest BCUT2D eigenvalue weighted by Gasteiger charge is 3.86. The summed E-state index contributed by atoms with van der Waals surface area (Å²) < 4.78 is 0. The van der Waals surface area contributed by atoms with E-state index >= 15 is 0 Å². The van der Waals surface area contributed by atoms with E-state index < -0.39 is 0 Å². The second-order valence-corrected chi connectivity index (χ2v) is 54.7. The Hall–Kier alpha value is -0.640. The van der Waals surface area contributed by atoms with Gasteiger partial charge in [0.2, 0.25) is 0 Å². The van der Waals surface area contributed by atoms with Crippen molar-refractivity contribution in [2.75, 3.05) is 0 Å². The summed E-state index contributed by atoms with van der Waals surface area (Å²) in [5, 5.41) is 0. The summed E-state index contributed by atoms with van der Waals surface area (Å²) in [7, 11) is 0. The molecule has 0 aromatic heterocycles. The van der Waals surface area contributed by atoms with E-state index in [1.165, 1.54) is 279 Å². The van der Waals surface area contributed by atoms with Crippen LogP contribution in [0.2, 0.25) is 0 Å². The van der Waals surface area contributed by atoms with Crippen LogP contribution in [0.15, 0.2) is 0 Å². The van der Waals surface area contributed by atoms with E-state index in [1.807, 2.05) is 25.7 Å². The quantitative estimate of drug-likeness (QED) is 0.109. The van der Waals surface area contributed by atoms with E-state index in [0.29, 0.717) is 0 Å². The third-order valence-corrected chi connectivity index (χ3v) is 75.9. The van der Waals surface area contributed by atoms with Gasteiger partial charge in [-0.05, 0) is 457 Å². The van der Waals surface area contributed by atoms with E-state index in [9.17, 15) is 0 Å². The lowest BCUT2D eigenvalue weighted by molar-refractivity contribution is -1.24. The molecule has 64 aliphatic rings. The van der Waals surface area contributed by atoms with Gasteiger partial charge in [-0.2, -0.15) is 0 Å². The zero-order valence-corrected chi connectivity index (χ0v) is 54.8. The predicted octanol–water partition coefficient (Wildman–Crippen LogP) is 8.17. The fraction of sp³-hybridized carbons (Fsp3) is 1.00. The maximum atomic E-state index is 1.92. The van der Waals surface area contributed by atoms with Gasteiger partial charge < -0.3 is 98.4 Å².